The Balaban J connectivity index is 1.55. The Bertz CT molecular complexity index is 1180. The van der Waals surface area contributed by atoms with Crippen LogP contribution in [-0.4, -0.2) is 26.3 Å². The SMILES string of the molecule is C[C@@H](Cc1ccccn1)NC(=O)c1csc2nc(-c3cccc(C(F)(F)F)c3)cn12. The van der Waals surface area contributed by atoms with Gasteiger partial charge >= 0.3 is 6.18 Å². The monoisotopic (exact) mass is 430 g/mol. The highest BCUT2D eigenvalue weighted by Gasteiger charge is 2.30. The van der Waals surface area contributed by atoms with E-state index in [0.717, 1.165) is 17.8 Å². The van der Waals surface area contributed by atoms with Gasteiger partial charge in [0.2, 0.25) is 0 Å². The molecular weight excluding hydrogens is 413 g/mol. The van der Waals surface area contributed by atoms with Crippen LogP contribution in [0.25, 0.3) is 16.2 Å². The number of alkyl halides is 3. The minimum Gasteiger partial charge on any atom is -0.348 e. The Morgan fingerprint density at radius 3 is 2.80 bits per heavy atom. The molecule has 4 rings (SSSR count). The summed E-state index contributed by atoms with van der Waals surface area (Å²) in [7, 11) is 0. The van der Waals surface area contributed by atoms with Gasteiger partial charge in [0.1, 0.15) is 5.69 Å². The van der Waals surface area contributed by atoms with E-state index in [1.54, 1.807) is 28.2 Å². The minimum absolute atomic E-state index is 0.145. The number of halogens is 3. The van der Waals surface area contributed by atoms with Gasteiger partial charge in [-0.15, -0.1) is 11.3 Å². The highest BCUT2D eigenvalue weighted by molar-refractivity contribution is 7.15. The minimum atomic E-state index is -4.43. The van der Waals surface area contributed by atoms with E-state index in [4.69, 9.17) is 0 Å². The molecule has 5 nitrogen and oxygen atoms in total. The average molecular weight is 430 g/mol. The second-order valence-corrected chi connectivity index (χ2v) is 7.71. The number of nitrogens with zero attached hydrogens (tertiary/aromatic N) is 3. The highest BCUT2D eigenvalue weighted by atomic mass is 32.1. The van der Waals surface area contributed by atoms with Crippen molar-refractivity contribution in [1.29, 1.82) is 0 Å². The molecule has 0 saturated heterocycles. The van der Waals surface area contributed by atoms with Gasteiger partial charge in [0, 0.05) is 41.5 Å². The molecule has 1 amide bonds. The first-order valence-electron chi connectivity index (χ1n) is 9.16. The van der Waals surface area contributed by atoms with Gasteiger partial charge in [-0.3, -0.25) is 14.2 Å². The molecule has 1 aromatic carbocycles. The fourth-order valence-corrected chi connectivity index (χ4v) is 3.98. The van der Waals surface area contributed by atoms with Crippen LogP contribution in [-0.2, 0) is 12.6 Å². The lowest BCUT2D eigenvalue weighted by atomic mass is 10.1. The molecule has 30 heavy (non-hydrogen) atoms. The first kappa shape index (κ1) is 20.1. The van der Waals surface area contributed by atoms with Crippen molar-refractivity contribution >= 4 is 22.2 Å². The molecule has 0 saturated carbocycles. The van der Waals surface area contributed by atoms with E-state index in [1.807, 2.05) is 25.1 Å². The average Bonchev–Trinajstić information content (AvgIpc) is 3.29. The van der Waals surface area contributed by atoms with Gasteiger partial charge in [0.25, 0.3) is 5.91 Å². The number of benzene rings is 1. The predicted molar refractivity (Wildman–Crippen MR) is 108 cm³/mol. The molecule has 0 unspecified atom stereocenters. The Morgan fingerprint density at radius 1 is 1.23 bits per heavy atom. The summed E-state index contributed by atoms with van der Waals surface area (Å²) < 4.78 is 40.6. The molecule has 0 aliphatic carbocycles. The van der Waals surface area contributed by atoms with Crippen molar-refractivity contribution in [2.45, 2.75) is 25.6 Å². The van der Waals surface area contributed by atoms with Crippen LogP contribution in [0.5, 0.6) is 0 Å². The Hall–Kier alpha value is -3.20. The molecule has 154 valence electrons. The zero-order valence-corrected chi connectivity index (χ0v) is 16.7. The third-order valence-electron chi connectivity index (χ3n) is 4.55. The largest absolute Gasteiger partial charge is 0.416 e. The van der Waals surface area contributed by atoms with Gasteiger partial charge in [-0.1, -0.05) is 18.2 Å². The van der Waals surface area contributed by atoms with E-state index >= 15 is 0 Å². The predicted octanol–water partition coefficient (Wildman–Crippen LogP) is 4.84. The summed E-state index contributed by atoms with van der Waals surface area (Å²) in [6.07, 6.45) is -0.562. The summed E-state index contributed by atoms with van der Waals surface area (Å²) >= 11 is 1.26. The number of thiazole rings is 1. The number of amides is 1. The number of rotatable bonds is 5. The quantitative estimate of drug-likeness (QED) is 0.493. The Labute approximate surface area is 174 Å². The van der Waals surface area contributed by atoms with Crippen molar-refractivity contribution < 1.29 is 18.0 Å². The van der Waals surface area contributed by atoms with Crippen LogP contribution in [0, 0.1) is 0 Å². The number of carbonyl (C=O) groups is 1. The normalized spacial score (nSPS) is 12.8. The Kier molecular flexibility index (Phi) is 5.29. The summed E-state index contributed by atoms with van der Waals surface area (Å²) in [5, 5.41) is 4.61. The lowest BCUT2D eigenvalue weighted by Gasteiger charge is -2.13. The molecule has 0 aliphatic heterocycles. The number of fused-ring (bicyclic) bond motifs is 1. The maximum atomic E-state index is 13.0. The highest BCUT2D eigenvalue weighted by Crippen LogP contribution is 2.32. The van der Waals surface area contributed by atoms with Crippen molar-refractivity contribution in [3.05, 3.63) is 77.2 Å². The number of nitrogens with one attached hydrogen (secondary N) is 1. The number of hydrogen-bond donors (Lipinski definition) is 1. The molecule has 1 N–H and O–H groups in total. The van der Waals surface area contributed by atoms with Crippen LogP contribution in [0.2, 0.25) is 0 Å². The first-order valence-corrected chi connectivity index (χ1v) is 10.0. The zero-order chi connectivity index (χ0) is 21.3. The maximum Gasteiger partial charge on any atom is 0.416 e. The van der Waals surface area contributed by atoms with Gasteiger partial charge in [-0.2, -0.15) is 13.2 Å². The summed E-state index contributed by atoms with van der Waals surface area (Å²) in [4.78, 5) is 21.9. The standard InChI is InChI=1S/C21H17F3N4OS/c1-13(9-16-7-2-3-8-25-16)26-19(29)18-12-30-20-27-17(11-28(18)20)14-5-4-6-15(10-14)21(22,23)24/h2-8,10-13H,9H2,1H3,(H,26,29)/t13-/m0/s1. The molecule has 0 bridgehead atoms. The molecule has 9 heteroatoms. The molecule has 1 atom stereocenters. The van der Waals surface area contributed by atoms with Gasteiger partial charge in [-0.25, -0.2) is 4.98 Å². The fourth-order valence-electron chi connectivity index (χ4n) is 3.12. The third kappa shape index (κ3) is 4.20. The van der Waals surface area contributed by atoms with Crippen LogP contribution in [0.4, 0.5) is 13.2 Å². The summed E-state index contributed by atoms with van der Waals surface area (Å²) in [5.41, 5.74) is 1.24. The molecular formula is C21H17F3N4OS. The van der Waals surface area contributed by atoms with Crippen LogP contribution in [0.1, 0.15) is 28.7 Å². The van der Waals surface area contributed by atoms with E-state index in [2.05, 4.69) is 15.3 Å². The van der Waals surface area contributed by atoms with E-state index in [-0.39, 0.29) is 11.9 Å². The zero-order valence-electron chi connectivity index (χ0n) is 15.8. The van der Waals surface area contributed by atoms with E-state index in [0.29, 0.717) is 28.3 Å². The topological polar surface area (TPSA) is 59.3 Å². The van der Waals surface area contributed by atoms with Crippen LogP contribution < -0.4 is 5.32 Å². The molecule has 4 aromatic rings. The first-order chi connectivity index (χ1) is 14.3. The fraction of sp³-hybridized carbons (Fsp3) is 0.190. The summed E-state index contributed by atoms with van der Waals surface area (Å²) in [5.74, 6) is -0.280. The molecule has 3 heterocycles. The number of carbonyl (C=O) groups excluding carboxylic acids is 1. The van der Waals surface area contributed by atoms with Crippen molar-refractivity contribution in [2.24, 2.45) is 0 Å². The lowest BCUT2D eigenvalue weighted by molar-refractivity contribution is -0.137. The smallest absolute Gasteiger partial charge is 0.348 e. The van der Waals surface area contributed by atoms with Gasteiger partial charge in [0.15, 0.2) is 4.96 Å². The van der Waals surface area contributed by atoms with Gasteiger partial charge < -0.3 is 5.32 Å². The van der Waals surface area contributed by atoms with Crippen molar-refractivity contribution in [1.82, 2.24) is 19.7 Å². The summed E-state index contributed by atoms with van der Waals surface area (Å²) in [6.45, 7) is 1.89. The van der Waals surface area contributed by atoms with Gasteiger partial charge in [0.05, 0.1) is 11.3 Å². The van der Waals surface area contributed by atoms with E-state index in [1.165, 1.54) is 17.4 Å². The number of pyridine rings is 1. The van der Waals surface area contributed by atoms with Crippen molar-refractivity contribution in [3.8, 4) is 11.3 Å². The molecule has 0 radical (unpaired) electrons. The summed E-state index contributed by atoms with van der Waals surface area (Å²) in [6, 6.07) is 10.5. The third-order valence-corrected chi connectivity index (χ3v) is 5.39. The van der Waals surface area contributed by atoms with Crippen LogP contribution in [0.3, 0.4) is 0 Å². The van der Waals surface area contributed by atoms with Gasteiger partial charge in [-0.05, 0) is 31.2 Å². The number of aromatic nitrogens is 3. The van der Waals surface area contributed by atoms with E-state index < -0.39 is 11.7 Å². The van der Waals surface area contributed by atoms with E-state index in [9.17, 15) is 18.0 Å². The number of hydrogen-bond acceptors (Lipinski definition) is 4. The van der Waals surface area contributed by atoms with Crippen molar-refractivity contribution in [2.75, 3.05) is 0 Å². The Morgan fingerprint density at radius 2 is 2.07 bits per heavy atom. The van der Waals surface area contributed by atoms with Crippen LogP contribution >= 0.6 is 11.3 Å². The van der Waals surface area contributed by atoms with Crippen molar-refractivity contribution in [3.63, 3.8) is 0 Å². The molecule has 0 aliphatic rings. The molecule has 0 spiro atoms. The molecule has 3 aromatic heterocycles. The second-order valence-electron chi connectivity index (χ2n) is 6.88. The molecule has 0 fully saturated rings. The van der Waals surface area contributed by atoms with Crippen LogP contribution in [0.15, 0.2) is 60.2 Å². The number of imidazole rings is 1. The maximum absolute atomic E-state index is 13.0. The second kappa shape index (κ2) is 7.91. The lowest BCUT2D eigenvalue weighted by Crippen LogP contribution is -2.34.